The second-order valence-corrected chi connectivity index (χ2v) is 20.9. The Morgan fingerprint density at radius 3 is 2.33 bits per heavy atom. The minimum atomic E-state index is -0.670. The number of fused-ring (bicyclic) bond motifs is 2. The summed E-state index contributed by atoms with van der Waals surface area (Å²) in [6.07, 6.45) is 11.5. The molecule has 1 saturated carbocycles. The molecule has 0 spiro atoms. The SMILES string of the molecule is CC[C@H]1CN(Cc2ccc3c(c2)n(C2CC2)c(=O)n3[C@H]2CCC(=O)NC2=O)CCN1CC1CCN(C(=O)c2ccc(C3CCN([C@@H](C)c4cc5c(-c6ccc(N)nc6)ccnc5n4C)CC3)cc2)CC1. The molecule has 3 amide bonds. The topological polar surface area (TPSA) is 160 Å². The van der Waals surface area contributed by atoms with Gasteiger partial charge in [-0.25, -0.2) is 14.8 Å². The van der Waals surface area contributed by atoms with Crippen molar-refractivity contribution >= 4 is 45.6 Å². The van der Waals surface area contributed by atoms with Crippen LogP contribution < -0.4 is 16.7 Å². The second kappa shape index (κ2) is 19.2. The van der Waals surface area contributed by atoms with E-state index in [1.54, 1.807) is 4.57 Å². The Hall–Kier alpha value is -6.16. The van der Waals surface area contributed by atoms with E-state index in [2.05, 4.69) is 104 Å². The van der Waals surface area contributed by atoms with Crippen molar-refractivity contribution in [3.8, 4) is 11.1 Å². The highest BCUT2D eigenvalue weighted by molar-refractivity contribution is 6.00. The third-order valence-electron chi connectivity index (χ3n) is 16.6. The predicted molar refractivity (Wildman–Crippen MR) is 272 cm³/mol. The maximum Gasteiger partial charge on any atom is 0.330 e. The van der Waals surface area contributed by atoms with E-state index in [1.165, 1.54) is 16.8 Å². The van der Waals surface area contributed by atoms with E-state index in [9.17, 15) is 19.2 Å². The number of imidazole rings is 1. The number of nitrogens with two attached hydrogens (primary N) is 1. The highest BCUT2D eigenvalue weighted by Gasteiger charge is 2.36. The lowest BCUT2D eigenvalue weighted by atomic mass is 9.88. The van der Waals surface area contributed by atoms with Crippen molar-refractivity contribution in [2.45, 2.75) is 108 Å². The first kappa shape index (κ1) is 46.2. The summed E-state index contributed by atoms with van der Waals surface area (Å²) in [5.41, 5.74) is 15.0. The maximum absolute atomic E-state index is 13.8. The highest BCUT2D eigenvalue weighted by atomic mass is 16.2. The van der Waals surface area contributed by atoms with Gasteiger partial charge in [-0.2, -0.15) is 0 Å². The Balaban J connectivity index is 0.653. The minimum absolute atomic E-state index is 0.147. The minimum Gasteiger partial charge on any atom is -0.384 e. The number of piperazine rings is 1. The summed E-state index contributed by atoms with van der Waals surface area (Å²) in [5, 5.41) is 3.56. The number of aryl methyl sites for hydroxylation is 1. The molecule has 6 aromatic rings. The summed E-state index contributed by atoms with van der Waals surface area (Å²) in [7, 11) is 2.12. The second-order valence-electron chi connectivity index (χ2n) is 20.9. The maximum atomic E-state index is 13.8. The molecule has 4 aromatic heterocycles. The zero-order valence-corrected chi connectivity index (χ0v) is 40.9. The molecular weight excluding hydrogens is 879 g/mol. The van der Waals surface area contributed by atoms with E-state index in [0.29, 0.717) is 30.1 Å². The summed E-state index contributed by atoms with van der Waals surface area (Å²) in [6, 6.07) is 23.2. The van der Waals surface area contributed by atoms with E-state index in [0.717, 1.165) is 143 Å². The fraction of sp³-hybridized carbons (Fsp3) is 0.491. The number of nitrogen functional groups attached to an aromatic ring is 1. The number of anilines is 1. The number of likely N-dealkylation sites (tertiary alicyclic amines) is 2. The van der Waals surface area contributed by atoms with Crippen LogP contribution in [-0.4, -0.2) is 119 Å². The van der Waals surface area contributed by atoms with Crippen LogP contribution in [0.15, 0.2) is 83.9 Å². The fourth-order valence-corrected chi connectivity index (χ4v) is 12.3. The number of nitrogens with one attached hydrogen (secondary N) is 1. The normalized spacial score (nSPS) is 22.0. The van der Waals surface area contributed by atoms with Gasteiger partial charge in [0.2, 0.25) is 11.8 Å². The Kier molecular flexibility index (Phi) is 12.7. The Bertz CT molecular complexity index is 2970. The number of aromatic nitrogens is 5. The first-order valence-corrected chi connectivity index (χ1v) is 25.9. The van der Waals surface area contributed by atoms with Crippen molar-refractivity contribution < 1.29 is 14.4 Å². The average molecular weight is 946 g/mol. The average Bonchev–Trinajstić information content (AvgIpc) is 4.10. The van der Waals surface area contributed by atoms with Crippen LogP contribution >= 0.6 is 0 Å². The molecule has 8 heterocycles. The van der Waals surface area contributed by atoms with Crippen LogP contribution in [0.5, 0.6) is 0 Å². The standard InChI is InChI=1S/C55H67N11O4/c1-4-42-34-61(32-37-5-13-46-49(29-37)65(43-11-12-43)55(70)66(46)47-14-16-51(67)59-53(47)68)27-28-64(42)33-36-18-23-63(24-19-36)54(69)40-8-6-38(7-9-40)39-20-25-62(26-21-39)35(2)48-30-45-44(17-22-57-52(45)60(48)3)41-10-15-50(56)58-31-41/h5-10,13,15,17,22,29-31,35-36,39,42-43,47H,4,11-12,14,16,18-21,23-28,32-34H2,1-3H3,(H2,56,58)(H,59,67,68)/t35-,42-,47-/m0/s1. The number of pyridine rings is 2. The smallest absolute Gasteiger partial charge is 0.330 e. The third-order valence-corrected chi connectivity index (χ3v) is 16.6. The molecular formula is C55H67N11O4. The van der Waals surface area contributed by atoms with Crippen LogP contribution in [0.25, 0.3) is 33.2 Å². The lowest BCUT2D eigenvalue weighted by molar-refractivity contribution is -0.135. The summed E-state index contributed by atoms with van der Waals surface area (Å²) in [4.78, 5) is 71.3. The highest BCUT2D eigenvalue weighted by Crippen LogP contribution is 2.39. The number of piperidine rings is 3. The molecule has 0 bridgehead atoms. The Labute approximate surface area is 409 Å². The fourth-order valence-electron chi connectivity index (χ4n) is 12.3. The molecule has 366 valence electrons. The molecule has 4 saturated heterocycles. The van der Waals surface area contributed by atoms with Crippen molar-refractivity contribution in [3.05, 3.63) is 112 Å². The van der Waals surface area contributed by atoms with Crippen molar-refractivity contribution in [2.75, 3.05) is 58.1 Å². The lowest BCUT2D eigenvalue weighted by Crippen LogP contribution is -2.54. The molecule has 0 radical (unpaired) electrons. The summed E-state index contributed by atoms with van der Waals surface area (Å²) in [5.74, 6) is 1.03. The number of benzene rings is 2. The summed E-state index contributed by atoms with van der Waals surface area (Å²) < 4.78 is 5.75. The van der Waals surface area contributed by atoms with Crippen molar-refractivity contribution in [1.29, 1.82) is 0 Å². The van der Waals surface area contributed by atoms with E-state index in [-0.39, 0.29) is 36.0 Å². The monoisotopic (exact) mass is 946 g/mol. The molecule has 3 N–H and O–H groups in total. The number of hydrogen-bond donors (Lipinski definition) is 2. The van der Waals surface area contributed by atoms with Crippen LogP contribution in [0, 0.1) is 5.92 Å². The molecule has 2 aromatic carbocycles. The Morgan fingerprint density at radius 1 is 0.829 bits per heavy atom. The largest absolute Gasteiger partial charge is 0.384 e. The van der Waals surface area contributed by atoms with Crippen molar-refractivity contribution in [3.63, 3.8) is 0 Å². The van der Waals surface area contributed by atoms with Gasteiger partial charge in [-0.15, -0.1) is 0 Å². The van der Waals surface area contributed by atoms with Crippen LogP contribution in [0.1, 0.15) is 123 Å². The van der Waals surface area contributed by atoms with Gasteiger partial charge < -0.3 is 15.2 Å². The molecule has 5 aliphatic rings. The molecule has 3 atom stereocenters. The van der Waals surface area contributed by atoms with Crippen molar-refractivity contribution in [2.24, 2.45) is 13.0 Å². The van der Waals surface area contributed by atoms with E-state index in [4.69, 9.17) is 10.7 Å². The predicted octanol–water partition coefficient (Wildman–Crippen LogP) is 7.04. The molecule has 11 rings (SSSR count). The molecule has 4 aliphatic heterocycles. The van der Waals surface area contributed by atoms with Gasteiger partial charge in [0.15, 0.2) is 0 Å². The van der Waals surface area contributed by atoms with Gasteiger partial charge in [0, 0.05) is 112 Å². The number of hydrogen-bond acceptors (Lipinski definition) is 10. The number of rotatable bonds is 12. The van der Waals surface area contributed by atoms with Gasteiger partial charge in [-0.1, -0.05) is 25.1 Å². The molecule has 15 heteroatoms. The van der Waals surface area contributed by atoms with Crippen LogP contribution in [0.2, 0.25) is 0 Å². The quantitative estimate of drug-likeness (QED) is 0.122. The molecule has 5 fully saturated rings. The number of imide groups is 1. The van der Waals surface area contributed by atoms with Gasteiger partial charge in [0.05, 0.1) is 11.0 Å². The van der Waals surface area contributed by atoms with Crippen molar-refractivity contribution in [1.82, 2.24) is 48.6 Å². The summed E-state index contributed by atoms with van der Waals surface area (Å²) in [6.45, 7) is 13.0. The van der Waals surface area contributed by atoms with Gasteiger partial charge in [0.1, 0.15) is 17.5 Å². The number of nitrogens with zero attached hydrogens (tertiary/aromatic N) is 9. The lowest BCUT2D eigenvalue weighted by Gasteiger charge is -2.44. The zero-order chi connectivity index (χ0) is 48.2. The molecule has 70 heavy (non-hydrogen) atoms. The van der Waals surface area contributed by atoms with E-state index >= 15 is 0 Å². The van der Waals surface area contributed by atoms with Crippen LogP contribution in [-0.2, 0) is 23.2 Å². The zero-order valence-electron chi connectivity index (χ0n) is 40.9. The molecule has 0 unspecified atom stereocenters. The van der Waals surface area contributed by atoms with Gasteiger partial charge in [-0.3, -0.25) is 43.5 Å². The molecule has 15 nitrogen and oxygen atoms in total. The number of carbonyl (C=O) groups excluding carboxylic acids is 3. The first-order valence-electron chi connectivity index (χ1n) is 25.9. The van der Waals surface area contributed by atoms with E-state index in [1.807, 2.05) is 35.2 Å². The van der Waals surface area contributed by atoms with Crippen LogP contribution in [0.4, 0.5) is 5.82 Å². The van der Waals surface area contributed by atoms with Crippen LogP contribution in [0.3, 0.4) is 0 Å². The number of amides is 3. The van der Waals surface area contributed by atoms with Gasteiger partial charge in [0.25, 0.3) is 5.91 Å². The number of carbonyl (C=O) groups is 3. The third kappa shape index (κ3) is 8.96. The summed E-state index contributed by atoms with van der Waals surface area (Å²) >= 11 is 0. The first-order chi connectivity index (χ1) is 34.0. The van der Waals surface area contributed by atoms with E-state index < -0.39 is 11.9 Å². The Morgan fingerprint density at radius 2 is 1.61 bits per heavy atom. The van der Waals surface area contributed by atoms with Gasteiger partial charge in [-0.05, 0) is 148 Å². The van der Waals surface area contributed by atoms with Gasteiger partial charge >= 0.3 is 5.69 Å². The molecule has 1 aliphatic carbocycles.